The van der Waals surface area contributed by atoms with Crippen molar-refractivity contribution in [1.29, 1.82) is 0 Å². The Kier molecular flexibility index (Phi) is 5.77. The molecule has 0 unspecified atom stereocenters. The van der Waals surface area contributed by atoms with Gasteiger partial charge in [0.05, 0.1) is 6.61 Å². The Hall–Kier alpha value is -2.26. The third-order valence-electron chi connectivity index (χ3n) is 3.73. The molecule has 2 rings (SSSR count). The van der Waals surface area contributed by atoms with Crippen LogP contribution in [0.1, 0.15) is 5.56 Å². The molecule has 0 radical (unpaired) electrons. The van der Waals surface area contributed by atoms with Gasteiger partial charge >= 0.3 is 18.0 Å². The Morgan fingerprint density at radius 1 is 0.852 bits per heavy atom. The van der Waals surface area contributed by atoms with Gasteiger partial charge < -0.3 is 10.5 Å². The summed E-state index contributed by atoms with van der Waals surface area (Å²) in [6, 6.07) is 12.2. The molecule has 0 saturated carbocycles. The van der Waals surface area contributed by atoms with Crippen LogP contribution in [-0.4, -0.2) is 23.9 Å². The van der Waals surface area contributed by atoms with Crippen molar-refractivity contribution in [2.24, 2.45) is 5.73 Å². The van der Waals surface area contributed by atoms with Gasteiger partial charge in [0.15, 0.2) is 0 Å². The van der Waals surface area contributed by atoms with Gasteiger partial charge in [0.2, 0.25) is 0 Å². The van der Waals surface area contributed by atoms with E-state index in [1.807, 2.05) is 0 Å². The summed E-state index contributed by atoms with van der Waals surface area (Å²) in [5.41, 5.74) is 0.705. The van der Waals surface area contributed by atoms with Gasteiger partial charge in [-0.1, -0.05) is 48.0 Å². The van der Waals surface area contributed by atoms with Gasteiger partial charge in [-0.2, -0.15) is 26.3 Å². The number of carbonyl (C=O) groups excluding carboxylic acids is 1. The number of primary amides is 1. The number of alkyl halides is 6. The largest absolute Gasteiger partial charge is 0.435 e. The van der Waals surface area contributed by atoms with Crippen LogP contribution < -0.4 is 5.73 Å². The molecule has 146 valence electrons. The van der Waals surface area contributed by atoms with Crippen LogP contribution >= 0.6 is 11.6 Å². The first kappa shape index (κ1) is 21.0. The Balaban J connectivity index is 2.25. The molecule has 10 heteroatoms. The number of amides is 1. The summed E-state index contributed by atoms with van der Waals surface area (Å²) in [5, 5.41) is 0.505. The summed E-state index contributed by atoms with van der Waals surface area (Å²) in [7, 11) is 0. The molecular weight excluding hydrogens is 400 g/mol. The van der Waals surface area contributed by atoms with Crippen molar-refractivity contribution in [2.75, 3.05) is 0 Å². The number of carbonyl (C=O) groups is 1. The molecule has 0 aliphatic carbocycles. The maximum atomic E-state index is 13.0. The van der Waals surface area contributed by atoms with E-state index in [0.29, 0.717) is 10.6 Å². The van der Waals surface area contributed by atoms with Crippen molar-refractivity contribution < 1.29 is 35.9 Å². The molecule has 3 nitrogen and oxygen atoms in total. The van der Waals surface area contributed by atoms with Crippen LogP contribution in [-0.2, 0) is 16.1 Å². The minimum absolute atomic E-state index is 0.00756. The second kappa shape index (κ2) is 7.40. The van der Waals surface area contributed by atoms with Crippen LogP contribution in [0, 0.1) is 0 Å². The molecule has 27 heavy (non-hydrogen) atoms. The smallest absolute Gasteiger partial charge is 0.367 e. The highest BCUT2D eigenvalue weighted by molar-refractivity contribution is 6.30. The van der Waals surface area contributed by atoms with E-state index >= 15 is 0 Å². The van der Waals surface area contributed by atoms with Crippen LogP contribution in [0.3, 0.4) is 0 Å². The van der Waals surface area contributed by atoms with E-state index in [1.54, 1.807) is 24.3 Å². The molecular formula is C17H12ClF6NO2. The lowest BCUT2D eigenvalue weighted by Gasteiger charge is -2.34. The maximum Gasteiger partial charge on any atom is 0.435 e. The van der Waals surface area contributed by atoms with E-state index in [2.05, 4.69) is 10.5 Å². The summed E-state index contributed by atoms with van der Waals surface area (Å²) in [6.45, 7) is -1.12. The Bertz CT molecular complexity index is 786. The van der Waals surface area contributed by atoms with Crippen LogP contribution in [0.2, 0.25) is 5.02 Å². The number of ether oxygens (including phenoxy) is 1. The molecule has 2 aromatic carbocycles. The molecule has 0 heterocycles. The SMILES string of the molecule is NC(=O)C(OCc1ccc(-c2ccc(Cl)cc2)cc1)(C(F)(F)F)C(F)(F)F. The number of benzene rings is 2. The number of nitrogens with two attached hydrogens (primary N) is 1. The fourth-order valence-corrected chi connectivity index (χ4v) is 2.43. The van der Waals surface area contributed by atoms with Gasteiger partial charge in [0.1, 0.15) is 0 Å². The van der Waals surface area contributed by atoms with E-state index in [-0.39, 0.29) is 5.56 Å². The van der Waals surface area contributed by atoms with Crippen molar-refractivity contribution >= 4 is 17.5 Å². The fraction of sp³-hybridized carbons (Fsp3) is 0.235. The van der Waals surface area contributed by atoms with Crippen LogP contribution in [0.5, 0.6) is 0 Å². The average Bonchev–Trinajstić information content (AvgIpc) is 2.54. The molecule has 1 amide bonds. The summed E-state index contributed by atoms with van der Waals surface area (Å²) < 4.78 is 81.9. The predicted octanol–water partition coefficient (Wildman–Crippen LogP) is 4.87. The third-order valence-corrected chi connectivity index (χ3v) is 3.98. The topological polar surface area (TPSA) is 52.3 Å². The highest BCUT2D eigenvalue weighted by Gasteiger charge is 2.76. The lowest BCUT2D eigenvalue weighted by molar-refractivity contribution is -0.364. The van der Waals surface area contributed by atoms with E-state index in [4.69, 9.17) is 11.6 Å². The second-order valence-electron chi connectivity index (χ2n) is 5.53. The predicted molar refractivity (Wildman–Crippen MR) is 85.7 cm³/mol. The zero-order valence-electron chi connectivity index (χ0n) is 13.4. The summed E-state index contributed by atoms with van der Waals surface area (Å²) >= 11 is 5.77. The van der Waals surface area contributed by atoms with Crippen molar-refractivity contribution in [3.63, 3.8) is 0 Å². The van der Waals surface area contributed by atoms with Crippen molar-refractivity contribution in [3.05, 3.63) is 59.1 Å². The lowest BCUT2D eigenvalue weighted by atomic mass is 10.0. The van der Waals surface area contributed by atoms with Gasteiger partial charge in [-0.3, -0.25) is 4.79 Å². The van der Waals surface area contributed by atoms with E-state index in [9.17, 15) is 31.1 Å². The van der Waals surface area contributed by atoms with Crippen LogP contribution in [0.25, 0.3) is 11.1 Å². The molecule has 0 fully saturated rings. The number of hydrogen-bond donors (Lipinski definition) is 1. The van der Waals surface area contributed by atoms with E-state index < -0.39 is 30.5 Å². The van der Waals surface area contributed by atoms with Crippen molar-refractivity contribution in [1.82, 2.24) is 0 Å². The normalized spacial score (nSPS) is 12.9. The number of rotatable bonds is 5. The molecule has 0 aliphatic rings. The minimum atomic E-state index is -6.07. The highest BCUT2D eigenvalue weighted by Crippen LogP contribution is 2.46. The molecule has 0 saturated heterocycles. The Labute approximate surface area is 154 Å². The molecule has 0 aliphatic heterocycles. The summed E-state index contributed by atoms with van der Waals surface area (Å²) in [5.74, 6) is -2.68. The van der Waals surface area contributed by atoms with Gasteiger partial charge in [0, 0.05) is 5.02 Å². The van der Waals surface area contributed by atoms with Crippen molar-refractivity contribution in [2.45, 2.75) is 24.6 Å². The Morgan fingerprint density at radius 3 is 1.63 bits per heavy atom. The quantitative estimate of drug-likeness (QED) is 0.713. The van der Waals surface area contributed by atoms with Crippen molar-refractivity contribution in [3.8, 4) is 11.1 Å². The van der Waals surface area contributed by atoms with E-state index in [1.165, 1.54) is 24.3 Å². The Morgan fingerprint density at radius 2 is 1.26 bits per heavy atom. The monoisotopic (exact) mass is 411 g/mol. The van der Waals surface area contributed by atoms with Crippen LogP contribution in [0.15, 0.2) is 48.5 Å². The second-order valence-corrected chi connectivity index (χ2v) is 5.97. The van der Waals surface area contributed by atoms with Gasteiger partial charge in [-0.25, -0.2) is 0 Å². The fourth-order valence-electron chi connectivity index (χ4n) is 2.30. The van der Waals surface area contributed by atoms with Gasteiger partial charge in [-0.05, 0) is 28.8 Å². The first-order valence-electron chi connectivity index (χ1n) is 7.30. The zero-order chi connectivity index (χ0) is 20.5. The molecule has 0 spiro atoms. The summed E-state index contributed by atoms with van der Waals surface area (Å²) in [6.07, 6.45) is -12.1. The lowest BCUT2D eigenvalue weighted by Crippen LogP contribution is -2.66. The molecule has 0 bridgehead atoms. The number of halogens is 7. The molecule has 2 N–H and O–H groups in total. The first-order valence-corrected chi connectivity index (χ1v) is 7.68. The standard InChI is InChI=1S/C17H12ClF6NO2/c18-13-7-5-12(6-8-13)11-3-1-10(2-4-11)9-27-15(14(25)26,16(19,20)21)17(22,23)24/h1-8H,9H2,(H2,25,26). The third kappa shape index (κ3) is 4.19. The summed E-state index contributed by atoms with van der Waals surface area (Å²) in [4.78, 5) is 11.0. The average molecular weight is 412 g/mol. The first-order chi connectivity index (χ1) is 12.4. The van der Waals surface area contributed by atoms with Crippen LogP contribution in [0.4, 0.5) is 26.3 Å². The number of hydrogen-bond acceptors (Lipinski definition) is 2. The molecule has 0 aromatic heterocycles. The maximum absolute atomic E-state index is 13.0. The zero-order valence-corrected chi connectivity index (χ0v) is 14.1. The van der Waals surface area contributed by atoms with E-state index in [0.717, 1.165) is 5.56 Å². The highest BCUT2D eigenvalue weighted by atomic mass is 35.5. The molecule has 0 atom stereocenters. The molecule has 2 aromatic rings. The van der Waals surface area contributed by atoms with Gasteiger partial charge in [-0.15, -0.1) is 0 Å². The minimum Gasteiger partial charge on any atom is -0.367 e. The van der Waals surface area contributed by atoms with Gasteiger partial charge in [0.25, 0.3) is 5.91 Å².